The first kappa shape index (κ1) is 17.7. The first-order valence-corrected chi connectivity index (χ1v) is 10.8. The Morgan fingerprint density at radius 2 is 2.04 bits per heavy atom. The number of carbonyl (C=O) groups excluding carboxylic acids is 1. The lowest BCUT2D eigenvalue weighted by molar-refractivity contribution is -0.120. The van der Waals surface area contributed by atoms with Gasteiger partial charge in [-0.15, -0.1) is 0 Å². The number of anilines is 1. The highest BCUT2D eigenvalue weighted by molar-refractivity contribution is 7.22. The van der Waals surface area contributed by atoms with Crippen molar-refractivity contribution >= 4 is 32.6 Å². The number of pyridine rings is 1. The molecule has 2 fully saturated rings. The predicted octanol–water partition coefficient (Wildman–Crippen LogP) is 4.88. The molecule has 1 saturated carbocycles. The standard InChI is InChI=1S/C22H22FN3OS/c23-17-8-3-14(4-9-17)5-10-19(27)18-2-1-11-26(18)22-25-21-20(28-22)12-16(13-24-21)15-6-7-15/h3-4,8-9,12-13,15,18H,1-2,5-7,10-11H2/t18-/m1/s1. The van der Waals surface area contributed by atoms with Crippen LogP contribution < -0.4 is 4.90 Å². The first-order valence-electron chi connectivity index (χ1n) is 9.98. The van der Waals surface area contributed by atoms with Gasteiger partial charge < -0.3 is 4.90 Å². The summed E-state index contributed by atoms with van der Waals surface area (Å²) in [7, 11) is 0. The highest BCUT2D eigenvalue weighted by atomic mass is 32.1. The zero-order chi connectivity index (χ0) is 19.1. The minimum absolute atomic E-state index is 0.107. The van der Waals surface area contributed by atoms with Gasteiger partial charge in [0, 0.05) is 19.2 Å². The molecule has 2 aromatic heterocycles. The lowest BCUT2D eigenvalue weighted by atomic mass is 10.0. The fourth-order valence-corrected chi connectivity index (χ4v) is 5.05. The third-order valence-corrected chi connectivity index (χ3v) is 6.78. The van der Waals surface area contributed by atoms with Gasteiger partial charge >= 0.3 is 0 Å². The molecule has 1 aliphatic carbocycles. The number of aryl methyl sites for hydroxylation is 1. The van der Waals surface area contributed by atoms with Crippen molar-refractivity contribution in [2.75, 3.05) is 11.4 Å². The number of hydrogen-bond donors (Lipinski definition) is 0. The maximum absolute atomic E-state index is 13.0. The summed E-state index contributed by atoms with van der Waals surface area (Å²) in [5, 5.41) is 0.910. The second-order valence-corrected chi connectivity index (χ2v) is 8.81. The molecule has 1 aromatic carbocycles. The van der Waals surface area contributed by atoms with Crippen LogP contribution >= 0.6 is 11.3 Å². The Morgan fingerprint density at radius 3 is 2.82 bits per heavy atom. The molecule has 0 unspecified atom stereocenters. The van der Waals surface area contributed by atoms with E-state index in [9.17, 15) is 9.18 Å². The van der Waals surface area contributed by atoms with E-state index in [0.717, 1.165) is 40.4 Å². The van der Waals surface area contributed by atoms with Gasteiger partial charge in [0.05, 0.1) is 10.7 Å². The van der Waals surface area contributed by atoms with E-state index in [1.807, 2.05) is 6.20 Å². The van der Waals surface area contributed by atoms with Crippen LogP contribution in [-0.4, -0.2) is 28.3 Å². The quantitative estimate of drug-likeness (QED) is 0.597. The highest BCUT2D eigenvalue weighted by Gasteiger charge is 2.32. The van der Waals surface area contributed by atoms with Crippen LogP contribution in [-0.2, 0) is 11.2 Å². The lowest BCUT2D eigenvalue weighted by Crippen LogP contribution is -2.36. The topological polar surface area (TPSA) is 46.1 Å². The normalized spacial score (nSPS) is 19.5. The maximum Gasteiger partial charge on any atom is 0.188 e. The number of hydrogen-bond acceptors (Lipinski definition) is 5. The molecule has 1 saturated heterocycles. The van der Waals surface area contributed by atoms with Crippen LogP contribution in [0.5, 0.6) is 0 Å². The fourth-order valence-electron chi connectivity index (χ4n) is 4.00. The Labute approximate surface area is 167 Å². The molecule has 3 heterocycles. The Kier molecular flexibility index (Phi) is 4.59. The van der Waals surface area contributed by atoms with Crippen molar-refractivity contribution in [3.8, 4) is 0 Å². The molecule has 0 radical (unpaired) electrons. The monoisotopic (exact) mass is 395 g/mol. The minimum atomic E-state index is -0.244. The Balaban J connectivity index is 1.31. The van der Waals surface area contributed by atoms with Gasteiger partial charge in [0.2, 0.25) is 0 Å². The molecule has 0 amide bonds. The number of benzene rings is 1. The molecule has 6 heteroatoms. The lowest BCUT2D eigenvalue weighted by Gasteiger charge is -2.22. The molecule has 1 aliphatic heterocycles. The zero-order valence-corrected chi connectivity index (χ0v) is 16.4. The Hall–Kier alpha value is -2.34. The molecular weight excluding hydrogens is 373 g/mol. The summed E-state index contributed by atoms with van der Waals surface area (Å²) in [4.78, 5) is 24.3. The predicted molar refractivity (Wildman–Crippen MR) is 109 cm³/mol. The van der Waals surface area contributed by atoms with Crippen LogP contribution in [0.15, 0.2) is 36.5 Å². The van der Waals surface area contributed by atoms with Crippen molar-refractivity contribution in [1.29, 1.82) is 0 Å². The number of halogens is 1. The smallest absolute Gasteiger partial charge is 0.188 e. The van der Waals surface area contributed by atoms with E-state index in [1.165, 1.54) is 30.5 Å². The van der Waals surface area contributed by atoms with Crippen molar-refractivity contribution < 1.29 is 9.18 Å². The van der Waals surface area contributed by atoms with E-state index in [4.69, 9.17) is 4.98 Å². The summed E-state index contributed by atoms with van der Waals surface area (Å²) in [5.41, 5.74) is 3.10. The van der Waals surface area contributed by atoms with Crippen LogP contribution in [0.3, 0.4) is 0 Å². The van der Waals surface area contributed by atoms with Crippen LogP contribution in [0.2, 0.25) is 0 Å². The van der Waals surface area contributed by atoms with Gasteiger partial charge in [-0.05, 0) is 67.3 Å². The van der Waals surface area contributed by atoms with Gasteiger partial charge in [-0.1, -0.05) is 23.5 Å². The number of carbonyl (C=O) groups is 1. The number of fused-ring (bicyclic) bond motifs is 1. The van der Waals surface area contributed by atoms with Gasteiger partial charge in [0.15, 0.2) is 16.6 Å². The largest absolute Gasteiger partial charge is 0.338 e. The highest BCUT2D eigenvalue weighted by Crippen LogP contribution is 2.42. The third kappa shape index (κ3) is 3.53. The molecule has 144 valence electrons. The molecular formula is C22H22FN3OS. The van der Waals surface area contributed by atoms with Crippen LogP contribution in [0.25, 0.3) is 10.3 Å². The number of ketones is 1. The van der Waals surface area contributed by atoms with Gasteiger partial charge in [-0.25, -0.2) is 9.37 Å². The van der Waals surface area contributed by atoms with Gasteiger partial charge in [0.1, 0.15) is 5.82 Å². The summed E-state index contributed by atoms with van der Waals surface area (Å²) in [6.07, 6.45) is 7.48. The van der Waals surface area contributed by atoms with Crippen molar-refractivity contribution in [1.82, 2.24) is 9.97 Å². The van der Waals surface area contributed by atoms with Gasteiger partial charge in [-0.3, -0.25) is 4.79 Å². The Bertz CT molecular complexity index is 1010. The van der Waals surface area contributed by atoms with E-state index < -0.39 is 0 Å². The van der Waals surface area contributed by atoms with E-state index in [-0.39, 0.29) is 17.6 Å². The first-order chi connectivity index (χ1) is 13.7. The molecule has 0 spiro atoms. The van der Waals surface area contributed by atoms with E-state index in [1.54, 1.807) is 23.5 Å². The molecule has 5 rings (SSSR count). The Morgan fingerprint density at radius 1 is 1.21 bits per heavy atom. The number of rotatable bonds is 6. The maximum atomic E-state index is 13.0. The molecule has 0 N–H and O–H groups in total. The number of nitrogens with zero attached hydrogens (tertiary/aromatic N) is 3. The third-order valence-electron chi connectivity index (χ3n) is 5.75. The summed E-state index contributed by atoms with van der Waals surface area (Å²) in [5.74, 6) is 0.675. The number of aromatic nitrogens is 2. The summed E-state index contributed by atoms with van der Waals surface area (Å²) < 4.78 is 14.2. The molecule has 0 bridgehead atoms. The van der Waals surface area contributed by atoms with Crippen LogP contribution in [0, 0.1) is 5.82 Å². The van der Waals surface area contributed by atoms with Crippen LogP contribution in [0.4, 0.5) is 9.52 Å². The molecule has 4 nitrogen and oxygen atoms in total. The number of thiazole rings is 1. The van der Waals surface area contributed by atoms with Gasteiger partial charge in [0.25, 0.3) is 0 Å². The number of Topliss-reactive ketones (excluding diaryl/α,β-unsaturated/α-hetero) is 1. The van der Waals surface area contributed by atoms with Crippen LogP contribution in [0.1, 0.15) is 49.1 Å². The molecule has 1 atom stereocenters. The molecule has 3 aromatic rings. The van der Waals surface area contributed by atoms with Crippen molar-refractivity contribution in [2.45, 2.75) is 50.5 Å². The van der Waals surface area contributed by atoms with Gasteiger partial charge in [-0.2, -0.15) is 4.98 Å². The summed E-state index contributed by atoms with van der Waals surface area (Å²) >= 11 is 1.65. The van der Waals surface area contributed by atoms with Crippen molar-refractivity contribution in [3.63, 3.8) is 0 Å². The van der Waals surface area contributed by atoms with E-state index in [0.29, 0.717) is 18.8 Å². The summed E-state index contributed by atoms with van der Waals surface area (Å²) in [6.45, 7) is 0.863. The average molecular weight is 396 g/mol. The SMILES string of the molecule is O=C(CCc1ccc(F)cc1)[C@H]1CCCN1c1nc2ncc(C3CC3)cc2s1. The summed E-state index contributed by atoms with van der Waals surface area (Å²) in [6, 6.07) is 8.53. The van der Waals surface area contributed by atoms with E-state index >= 15 is 0 Å². The van der Waals surface area contributed by atoms with E-state index in [2.05, 4.69) is 16.0 Å². The fraction of sp³-hybridized carbons (Fsp3) is 0.409. The zero-order valence-electron chi connectivity index (χ0n) is 15.6. The second kappa shape index (κ2) is 7.24. The van der Waals surface area contributed by atoms with Crippen molar-refractivity contribution in [3.05, 3.63) is 53.5 Å². The molecule has 28 heavy (non-hydrogen) atoms. The minimum Gasteiger partial charge on any atom is -0.338 e. The average Bonchev–Trinajstić information content (AvgIpc) is 3.28. The molecule has 2 aliphatic rings. The second-order valence-electron chi connectivity index (χ2n) is 7.81. The van der Waals surface area contributed by atoms with Crippen molar-refractivity contribution in [2.24, 2.45) is 0 Å².